The van der Waals surface area contributed by atoms with Gasteiger partial charge in [0.05, 0.1) is 6.04 Å². The molecule has 0 fully saturated rings. The summed E-state index contributed by atoms with van der Waals surface area (Å²) in [6.07, 6.45) is 1.03. The maximum Gasteiger partial charge on any atom is 0.123 e. The molecule has 0 radical (unpaired) electrons. The summed E-state index contributed by atoms with van der Waals surface area (Å²) in [6, 6.07) is 26.1. The molecule has 1 unspecified atom stereocenters. The van der Waals surface area contributed by atoms with Gasteiger partial charge in [-0.2, -0.15) is 0 Å². The van der Waals surface area contributed by atoms with Crippen LogP contribution in [0.5, 0.6) is 0 Å². The van der Waals surface area contributed by atoms with Crippen LogP contribution in [0.3, 0.4) is 0 Å². The number of benzene rings is 3. The van der Waals surface area contributed by atoms with E-state index in [1.165, 1.54) is 16.8 Å². The summed E-state index contributed by atoms with van der Waals surface area (Å²) in [5.41, 5.74) is 5.03. The van der Waals surface area contributed by atoms with Gasteiger partial charge in [-0.3, -0.25) is 0 Å². The largest absolute Gasteiger partial charge is 0.360 e. The molecule has 0 saturated heterocycles. The summed E-state index contributed by atoms with van der Waals surface area (Å²) in [5.74, 6) is -0.191. The maximum atomic E-state index is 13.4. The third-order valence-corrected chi connectivity index (χ3v) is 4.56. The van der Waals surface area contributed by atoms with E-state index in [9.17, 15) is 4.39 Å². The molecule has 0 saturated carbocycles. The Hall–Kier alpha value is -2.61. The Kier molecular flexibility index (Phi) is 3.58. The molecule has 3 aromatic rings. The standard InChI is InChI=1S/C21H18FN/c22-18-12-10-17(11-13-18)21-20-9-5-4-6-16(20)14-15-23(21)19-7-2-1-3-8-19/h1-13,21H,14-15H2. The van der Waals surface area contributed by atoms with Gasteiger partial charge in [-0.15, -0.1) is 0 Å². The fraction of sp³-hybridized carbons (Fsp3) is 0.143. The molecule has 1 aliphatic heterocycles. The number of hydrogen-bond acceptors (Lipinski definition) is 1. The van der Waals surface area contributed by atoms with Gasteiger partial charge in [0.15, 0.2) is 0 Å². The van der Waals surface area contributed by atoms with Crippen molar-refractivity contribution in [3.05, 3.63) is 101 Å². The minimum Gasteiger partial charge on any atom is -0.360 e. The summed E-state index contributed by atoms with van der Waals surface area (Å²) >= 11 is 0. The zero-order valence-corrected chi connectivity index (χ0v) is 12.8. The highest BCUT2D eigenvalue weighted by Gasteiger charge is 2.28. The van der Waals surface area contributed by atoms with Gasteiger partial charge in [-0.05, 0) is 47.4 Å². The van der Waals surface area contributed by atoms with Crippen LogP contribution in [0.1, 0.15) is 22.7 Å². The number of anilines is 1. The molecule has 114 valence electrons. The van der Waals surface area contributed by atoms with Crippen molar-refractivity contribution >= 4 is 5.69 Å². The van der Waals surface area contributed by atoms with Crippen LogP contribution < -0.4 is 4.90 Å². The fourth-order valence-electron chi connectivity index (χ4n) is 3.47. The first-order valence-electron chi connectivity index (χ1n) is 7.98. The molecule has 1 atom stereocenters. The molecule has 1 heterocycles. The highest BCUT2D eigenvalue weighted by molar-refractivity contribution is 5.55. The lowest BCUT2D eigenvalue weighted by Crippen LogP contribution is -2.36. The molecule has 4 rings (SSSR count). The monoisotopic (exact) mass is 303 g/mol. The Balaban J connectivity index is 1.85. The molecule has 2 heteroatoms. The molecule has 0 aromatic heterocycles. The quantitative estimate of drug-likeness (QED) is 0.645. The van der Waals surface area contributed by atoms with Crippen molar-refractivity contribution in [2.45, 2.75) is 12.5 Å². The lowest BCUT2D eigenvalue weighted by Gasteiger charge is -2.39. The number of nitrogens with zero attached hydrogens (tertiary/aromatic N) is 1. The van der Waals surface area contributed by atoms with Crippen molar-refractivity contribution in [2.75, 3.05) is 11.4 Å². The first-order valence-corrected chi connectivity index (χ1v) is 7.98. The number of hydrogen-bond donors (Lipinski definition) is 0. The van der Waals surface area contributed by atoms with E-state index in [1.54, 1.807) is 12.1 Å². The molecule has 23 heavy (non-hydrogen) atoms. The van der Waals surface area contributed by atoms with Crippen LogP contribution >= 0.6 is 0 Å². The average molecular weight is 303 g/mol. The molecule has 1 nitrogen and oxygen atoms in total. The van der Waals surface area contributed by atoms with Crippen molar-refractivity contribution in [1.29, 1.82) is 0 Å². The van der Waals surface area contributed by atoms with Crippen molar-refractivity contribution in [3.63, 3.8) is 0 Å². The van der Waals surface area contributed by atoms with Crippen LogP contribution in [0.15, 0.2) is 78.9 Å². The Morgan fingerprint density at radius 2 is 1.48 bits per heavy atom. The Morgan fingerprint density at radius 3 is 2.26 bits per heavy atom. The van der Waals surface area contributed by atoms with Gasteiger partial charge in [-0.1, -0.05) is 54.6 Å². The molecule has 0 bridgehead atoms. The highest BCUT2D eigenvalue weighted by atomic mass is 19.1. The number of para-hydroxylation sites is 1. The van der Waals surface area contributed by atoms with E-state index in [4.69, 9.17) is 0 Å². The number of fused-ring (bicyclic) bond motifs is 1. The van der Waals surface area contributed by atoms with Gasteiger partial charge in [0.2, 0.25) is 0 Å². The topological polar surface area (TPSA) is 3.24 Å². The third kappa shape index (κ3) is 2.61. The van der Waals surface area contributed by atoms with Crippen LogP contribution in [0, 0.1) is 5.82 Å². The molecule has 0 amide bonds. The van der Waals surface area contributed by atoms with Gasteiger partial charge in [0.25, 0.3) is 0 Å². The highest BCUT2D eigenvalue weighted by Crippen LogP contribution is 2.38. The SMILES string of the molecule is Fc1ccc(C2c3ccccc3CCN2c2ccccc2)cc1. The predicted octanol–water partition coefficient (Wildman–Crippen LogP) is 4.98. The molecule has 0 aliphatic carbocycles. The normalized spacial score (nSPS) is 16.9. The van der Waals surface area contributed by atoms with Gasteiger partial charge >= 0.3 is 0 Å². The van der Waals surface area contributed by atoms with Crippen LogP contribution in [-0.4, -0.2) is 6.54 Å². The van der Waals surface area contributed by atoms with Crippen LogP contribution in [0.25, 0.3) is 0 Å². The summed E-state index contributed by atoms with van der Waals surface area (Å²) in [4.78, 5) is 2.41. The summed E-state index contributed by atoms with van der Waals surface area (Å²) in [5, 5.41) is 0. The Morgan fingerprint density at radius 1 is 0.783 bits per heavy atom. The summed E-state index contributed by atoms with van der Waals surface area (Å²) < 4.78 is 13.4. The summed E-state index contributed by atoms with van der Waals surface area (Å²) in [7, 11) is 0. The van der Waals surface area contributed by atoms with Gasteiger partial charge < -0.3 is 4.90 Å². The second-order valence-electron chi connectivity index (χ2n) is 5.93. The molecule has 0 spiro atoms. The van der Waals surface area contributed by atoms with Crippen LogP contribution in [0.4, 0.5) is 10.1 Å². The molecule has 0 N–H and O–H groups in total. The predicted molar refractivity (Wildman–Crippen MR) is 92.2 cm³/mol. The molecule has 1 aliphatic rings. The van der Waals surface area contributed by atoms with E-state index in [1.807, 2.05) is 18.2 Å². The van der Waals surface area contributed by atoms with Crippen molar-refractivity contribution < 1.29 is 4.39 Å². The van der Waals surface area contributed by atoms with E-state index in [0.717, 1.165) is 18.5 Å². The second-order valence-corrected chi connectivity index (χ2v) is 5.93. The van der Waals surface area contributed by atoms with E-state index in [-0.39, 0.29) is 11.9 Å². The average Bonchev–Trinajstić information content (AvgIpc) is 2.62. The fourth-order valence-corrected chi connectivity index (χ4v) is 3.47. The van der Waals surface area contributed by atoms with E-state index in [2.05, 4.69) is 53.4 Å². The zero-order valence-electron chi connectivity index (χ0n) is 12.8. The van der Waals surface area contributed by atoms with E-state index >= 15 is 0 Å². The van der Waals surface area contributed by atoms with Gasteiger partial charge in [-0.25, -0.2) is 4.39 Å². The molecule has 3 aromatic carbocycles. The zero-order chi connectivity index (χ0) is 15.6. The number of halogens is 1. The van der Waals surface area contributed by atoms with Crippen LogP contribution in [-0.2, 0) is 6.42 Å². The first-order chi connectivity index (χ1) is 11.3. The first kappa shape index (κ1) is 14.0. The third-order valence-electron chi connectivity index (χ3n) is 4.56. The maximum absolute atomic E-state index is 13.4. The van der Waals surface area contributed by atoms with Crippen LogP contribution in [0.2, 0.25) is 0 Å². The smallest absolute Gasteiger partial charge is 0.123 e. The van der Waals surface area contributed by atoms with E-state index in [0.29, 0.717) is 0 Å². The van der Waals surface area contributed by atoms with Crippen molar-refractivity contribution in [2.24, 2.45) is 0 Å². The second kappa shape index (κ2) is 5.88. The lowest BCUT2D eigenvalue weighted by molar-refractivity contribution is 0.621. The number of rotatable bonds is 2. The minimum absolute atomic E-state index is 0.128. The Labute approximate surface area is 136 Å². The van der Waals surface area contributed by atoms with Gasteiger partial charge in [0.1, 0.15) is 5.82 Å². The summed E-state index contributed by atoms with van der Waals surface area (Å²) in [6.45, 7) is 0.961. The molecular weight excluding hydrogens is 285 g/mol. The van der Waals surface area contributed by atoms with Crippen molar-refractivity contribution in [1.82, 2.24) is 0 Å². The lowest BCUT2D eigenvalue weighted by atomic mass is 9.88. The van der Waals surface area contributed by atoms with Crippen molar-refractivity contribution in [3.8, 4) is 0 Å². The minimum atomic E-state index is -0.191. The van der Waals surface area contributed by atoms with Gasteiger partial charge in [0, 0.05) is 12.2 Å². The van der Waals surface area contributed by atoms with E-state index < -0.39 is 0 Å². The Bertz CT molecular complexity index is 796. The molecular formula is C21H18FN.